The SMILES string of the molecule is c1cc(-c2noc([C@@]34CCC[C@@H]3OCC4)n2)cc(-n2cncn2)c1. The van der Waals surface area contributed by atoms with Gasteiger partial charge in [0.15, 0.2) is 0 Å². The monoisotopic (exact) mass is 323 g/mol. The van der Waals surface area contributed by atoms with Crippen molar-refractivity contribution in [3.05, 3.63) is 42.8 Å². The van der Waals surface area contributed by atoms with E-state index >= 15 is 0 Å². The Balaban J connectivity index is 1.51. The van der Waals surface area contributed by atoms with E-state index in [-0.39, 0.29) is 11.5 Å². The zero-order valence-electron chi connectivity index (χ0n) is 13.1. The minimum atomic E-state index is -0.0746. The lowest BCUT2D eigenvalue weighted by Crippen LogP contribution is -2.30. The second-order valence-corrected chi connectivity index (χ2v) is 6.47. The van der Waals surface area contributed by atoms with E-state index in [1.807, 2.05) is 24.3 Å². The molecule has 3 aromatic rings. The highest BCUT2D eigenvalue weighted by atomic mass is 16.5. The Hall–Kier alpha value is -2.54. The van der Waals surface area contributed by atoms with E-state index < -0.39 is 0 Å². The van der Waals surface area contributed by atoms with E-state index in [1.54, 1.807) is 11.0 Å². The fraction of sp³-hybridized carbons (Fsp3) is 0.412. The summed E-state index contributed by atoms with van der Waals surface area (Å²) in [6.45, 7) is 0.782. The maximum absolute atomic E-state index is 5.87. The Morgan fingerprint density at radius 3 is 3.17 bits per heavy atom. The maximum Gasteiger partial charge on any atom is 0.235 e. The van der Waals surface area contributed by atoms with Gasteiger partial charge in [-0.15, -0.1) is 0 Å². The lowest BCUT2D eigenvalue weighted by Gasteiger charge is -2.22. The molecule has 0 bridgehead atoms. The van der Waals surface area contributed by atoms with Crippen molar-refractivity contribution in [3.63, 3.8) is 0 Å². The molecule has 1 aromatic carbocycles. The zero-order valence-corrected chi connectivity index (χ0v) is 13.1. The van der Waals surface area contributed by atoms with Crippen molar-refractivity contribution in [1.29, 1.82) is 0 Å². The minimum Gasteiger partial charge on any atom is -0.377 e. The van der Waals surface area contributed by atoms with Crippen LogP contribution in [0.2, 0.25) is 0 Å². The third kappa shape index (κ3) is 2.01. The molecule has 1 aliphatic heterocycles. The quantitative estimate of drug-likeness (QED) is 0.737. The van der Waals surface area contributed by atoms with Gasteiger partial charge in [-0.3, -0.25) is 0 Å². The molecule has 7 heteroatoms. The number of rotatable bonds is 3. The van der Waals surface area contributed by atoms with Crippen molar-refractivity contribution >= 4 is 0 Å². The molecule has 1 saturated carbocycles. The molecule has 5 rings (SSSR count). The van der Waals surface area contributed by atoms with Crippen LogP contribution in [0.3, 0.4) is 0 Å². The van der Waals surface area contributed by atoms with Gasteiger partial charge in [-0.05, 0) is 37.8 Å². The molecule has 0 unspecified atom stereocenters. The largest absolute Gasteiger partial charge is 0.377 e. The number of hydrogen-bond acceptors (Lipinski definition) is 6. The molecular weight excluding hydrogens is 306 g/mol. The zero-order chi connectivity index (χ0) is 16.0. The Morgan fingerprint density at radius 1 is 1.25 bits per heavy atom. The molecule has 2 atom stereocenters. The van der Waals surface area contributed by atoms with E-state index in [1.165, 1.54) is 6.33 Å². The van der Waals surface area contributed by atoms with E-state index in [2.05, 4.69) is 15.2 Å². The molecule has 2 aromatic heterocycles. The van der Waals surface area contributed by atoms with Crippen LogP contribution in [0.25, 0.3) is 17.1 Å². The lowest BCUT2D eigenvalue weighted by molar-refractivity contribution is 0.0847. The van der Waals surface area contributed by atoms with Crippen molar-refractivity contribution in [2.75, 3.05) is 6.61 Å². The Kier molecular flexibility index (Phi) is 3.02. The van der Waals surface area contributed by atoms with E-state index in [4.69, 9.17) is 14.2 Å². The highest BCUT2D eigenvalue weighted by Crippen LogP contribution is 2.48. The Bertz CT molecular complexity index is 848. The number of benzene rings is 1. The standard InChI is InChI=1S/C17H17N5O2/c1-3-12(9-13(4-1)22-11-18-10-19-22)15-20-16(24-21-15)17-6-2-5-14(17)23-8-7-17/h1,3-4,9-11,14H,2,5-8H2/t14-,17+/m0/s1. The molecule has 2 aliphatic rings. The number of nitrogens with zero attached hydrogens (tertiary/aromatic N) is 5. The van der Waals surface area contributed by atoms with E-state index in [0.29, 0.717) is 5.82 Å². The van der Waals surface area contributed by atoms with Gasteiger partial charge in [0.2, 0.25) is 11.7 Å². The summed E-state index contributed by atoms with van der Waals surface area (Å²) in [6.07, 6.45) is 7.68. The summed E-state index contributed by atoms with van der Waals surface area (Å²) in [5, 5.41) is 8.38. The van der Waals surface area contributed by atoms with Gasteiger partial charge in [-0.1, -0.05) is 17.3 Å². The first-order valence-electron chi connectivity index (χ1n) is 8.26. The van der Waals surface area contributed by atoms with Crippen LogP contribution in [0.15, 0.2) is 41.4 Å². The molecule has 3 heterocycles. The Labute approximate surface area is 138 Å². The van der Waals surface area contributed by atoms with Crippen molar-refractivity contribution in [3.8, 4) is 17.1 Å². The van der Waals surface area contributed by atoms with E-state index in [0.717, 1.165) is 49.4 Å². The molecule has 0 amide bonds. The molecule has 0 radical (unpaired) electrons. The summed E-state index contributed by atoms with van der Waals surface area (Å²) < 4.78 is 13.2. The van der Waals surface area contributed by atoms with Crippen LogP contribution >= 0.6 is 0 Å². The minimum absolute atomic E-state index is 0.0746. The summed E-state index contributed by atoms with van der Waals surface area (Å²) in [5.74, 6) is 1.34. The van der Waals surface area contributed by atoms with Gasteiger partial charge >= 0.3 is 0 Å². The number of aromatic nitrogens is 5. The fourth-order valence-electron chi connectivity index (χ4n) is 3.98. The highest BCUT2D eigenvalue weighted by molar-refractivity contribution is 5.58. The van der Waals surface area contributed by atoms with Crippen molar-refractivity contribution in [2.24, 2.45) is 0 Å². The van der Waals surface area contributed by atoms with Gasteiger partial charge in [-0.2, -0.15) is 10.1 Å². The molecule has 2 fully saturated rings. The van der Waals surface area contributed by atoms with Crippen molar-refractivity contribution in [2.45, 2.75) is 37.2 Å². The predicted octanol–water partition coefficient (Wildman–Crippen LogP) is 2.53. The summed E-state index contributed by atoms with van der Waals surface area (Å²) in [5.41, 5.74) is 1.75. The van der Waals surface area contributed by atoms with Crippen LogP contribution in [-0.2, 0) is 10.2 Å². The van der Waals surface area contributed by atoms with Gasteiger partial charge in [-0.25, -0.2) is 9.67 Å². The number of hydrogen-bond donors (Lipinski definition) is 0. The molecule has 1 aliphatic carbocycles. The van der Waals surface area contributed by atoms with Crippen LogP contribution < -0.4 is 0 Å². The summed E-state index contributed by atoms with van der Waals surface area (Å²) in [6, 6.07) is 7.88. The van der Waals surface area contributed by atoms with Crippen LogP contribution in [0.5, 0.6) is 0 Å². The molecule has 0 spiro atoms. The predicted molar refractivity (Wildman–Crippen MR) is 84.5 cm³/mol. The van der Waals surface area contributed by atoms with Crippen molar-refractivity contribution < 1.29 is 9.26 Å². The lowest BCUT2D eigenvalue weighted by atomic mass is 9.83. The molecule has 0 N–H and O–H groups in total. The van der Waals surface area contributed by atoms with Gasteiger partial charge in [0.1, 0.15) is 12.7 Å². The highest BCUT2D eigenvalue weighted by Gasteiger charge is 2.52. The number of ether oxygens (including phenoxy) is 1. The van der Waals surface area contributed by atoms with Crippen LogP contribution in [0, 0.1) is 0 Å². The van der Waals surface area contributed by atoms with Gasteiger partial charge in [0.25, 0.3) is 0 Å². The molecular formula is C17H17N5O2. The first-order chi connectivity index (χ1) is 11.9. The smallest absolute Gasteiger partial charge is 0.235 e. The second kappa shape index (κ2) is 5.24. The second-order valence-electron chi connectivity index (χ2n) is 6.47. The Morgan fingerprint density at radius 2 is 2.25 bits per heavy atom. The molecule has 122 valence electrons. The fourth-order valence-corrected chi connectivity index (χ4v) is 3.98. The number of fused-ring (bicyclic) bond motifs is 1. The van der Waals surface area contributed by atoms with E-state index in [9.17, 15) is 0 Å². The average molecular weight is 323 g/mol. The van der Waals surface area contributed by atoms with Crippen molar-refractivity contribution in [1.82, 2.24) is 24.9 Å². The maximum atomic E-state index is 5.87. The van der Waals surface area contributed by atoms with Crippen LogP contribution in [0.1, 0.15) is 31.6 Å². The van der Waals surface area contributed by atoms with Crippen LogP contribution in [0.4, 0.5) is 0 Å². The molecule has 7 nitrogen and oxygen atoms in total. The summed E-state index contributed by atoms with van der Waals surface area (Å²) in [7, 11) is 0. The van der Waals surface area contributed by atoms with Gasteiger partial charge in [0.05, 0.1) is 17.2 Å². The topological polar surface area (TPSA) is 78.9 Å². The first kappa shape index (κ1) is 13.9. The average Bonchev–Trinajstić information content (AvgIpc) is 3.37. The third-order valence-corrected chi connectivity index (χ3v) is 5.21. The van der Waals surface area contributed by atoms with Crippen LogP contribution in [-0.4, -0.2) is 37.6 Å². The first-order valence-corrected chi connectivity index (χ1v) is 8.26. The summed E-state index contributed by atoms with van der Waals surface area (Å²) >= 11 is 0. The normalized spacial score (nSPS) is 25.9. The third-order valence-electron chi connectivity index (χ3n) is 5.21. The summed E-state index contributed by atoms with van der Waals surface area (Å²) in [4.78, 5) is 8.70. The molecule has 24 heavy (non-hydrogen) atoms. The molecule has 1 saturated heterocycles. The van der Waals surface area contributed by atoms with Gasteiger partial charge in [0, 0.05) is 12.2 Å². The van der Waals surface area contributed by atoms with Gasteiger partial charge < -0.3 is 9.26 Å².